The van der Waals surface area contributed by atoms with Crippen LogP contribution in [0.4, 0.5) is 11.6 Å². The van der Waals surface area contributed by atoms with Crippen molar-refractivity contribution < 1.29 is 0 Å². The molecule has 1 aliphatic carbocycles. The topological polar surface area (TPSA) is 41.1 Å². The summed E-state index contributed by atoms with van der Waals surface area (Å²) in [5, 5.41) is 3.66. The molecule has 132 valence electrons. The lowest BCUT2D eigenvalue weighted by Crippen LogP contribution is -2.39. The summed E-state index contributed by atoms with van der Waals surface area (Å²) < 4.78 is 0. The normalized spacial score (nSPS) is 21.0. The predicted octanol–water partition coefficient (Wildman–Crippen LogP) is 4.48. The van der Waals surface area contributed by atoms with E-state index >= 15 is 0 Å². The standard InChI is InChI=1S/C21H28N4/c1-15-12-17-8-6-7-9-18(17)14-25(15)21-13-20(22-16(2)23-21)24-19-10-4-3-5-11-19/h6-9,13,15,19H,3-5,10-12,14H2,1-2H3,(H,22,23,24)/t15-/m1/s1. The molecular weight excluding hydrogens is 308 g/mol. The third kappa shape index (κ3) is 3.63. The number of hydrogen-bond donors (Lipinski definition) is 1. The Morgan fingerprint density at radius 3 is 2.60 bits per heavy atom. The maximum atomic E-state index is 4.75. The molecular formula is C21H28N4. The lowest BCUT2D eigenvalue weighted by atomic mass is 9.95. The number of aryl methyl sites for hydroxylation is 1. The number of fused-ring (bicyclic) bond motifs is 1. The Labute approximate surface area is 150 Å². The molecule has 4 rings (SSSR count). The summed E-state index contributed by atoms with van der Waals surface area (Å²) >= 11 is 0. The number of benzene rings is 1. The van der Waals surface area contributed by atoms with E-state index in [1.54, 1.807) is 0 Å². The highest BCUT2D eigenvalue weighted by molar-refractivity contribution is 5.52. The number of hydrogen-bond acceptors (Lipinski definition) is 4. The summed E-state index contributed by atoms with van der Waals surface area (Å²) in [6, 6.07) is 11.9. The Bertz CT molecular complexity index is 736. The number of nitrogens with zero attached hydrogens (tertiary/aromatic N) is 3. The molecule has 2 aromatic rings. The Balaban J connectivity index is 1.57. The number of anilines is 2. The molecule has 0 saturated heterocycles. The van der Waals surface area contributed by atoms with Crippen LogP contribution in [0.3, 0.4) is 0 Å². The summed E-state index contributed by atoms with van der Waals surface area (Å²) in [7, 11) is 0. The first kappa shape index (κ1) is 16.4. The van der Waals surface area contributed by atoms with Gasteiger partial charge in [0.15, 0.2) is 0 Å². The van der Waals surface area contributed by atoms with E-state index in [1.807, 2.05) is 6.92 Å². The van der Waals surface area contributed by atoms with Gasteiger partial charge in [0.05, 0.1) is 0 Å². The van der Waals surface area contributed by atoms with Crippen molar-refractivity contribution in [1.82, 2.24) is 9.97 Å². The zero-order chi connectivity index (χ0) is 17.2. The smallest absolute Gasteiger partial charge is 0.134 e. The van der Waals surface area contributed by atoms with Crippen LogP contribution in [0, 0.1) is 6.92 Å². The summed E-state index contributed by atoms with van der Waals surface area (Å²) in [6.07, 6.45) is 7.61. The molecule has 1 atom stereocenters. The van der Waals surface area contributed by atoms with Gasteiger partial charge in [0.25, 0.3) is 0 Å². The van der Waals surface area contributed by atoms with Gasteiger partial charge in [-0.15, -0.1) is 0 Å². The summed E-state index contributed by atoms with van der Waals surface area (Å²) in [4.78, 5) is 11.8. The molecule has 0 spiro atoms. The van der Waals surface area contributed by atoms with Crippen molar-refractivity contribution in [3.05, 3.63) is 47.3 Å². The van der Waals surface area contributed by atoms with Crippen molar-refractivity contribution in [2.75, 3.05) is 10.2 Å². The SMILES string of the molecule is Cc1nc(NC2CCCCC2)cc(N2Cc3ccccc3C[C@H]2C)n1. The van der Waals surface area contributed by atoms with Crippen molar-refractivity contribution >= 4 is 11.6 Å². The Morgan fingerprint density at radius 1 is 1.04 bits per heavy atom. The first-order chi connectivity index (χ1) is 12.2. The first-order valence-corrected chi connectivity index (χ1v) is 9.65. The molecule has 2 heterocycles. The van der Waals surface area contributed by atoms with Crippen LogP contribution in [-0.2, 0) is 13.0 Å². The van der Waals surface area contributed by atoms with Gasteiger partial charge in [-0.1, -0.05) is 43.5 Å². The van der Waals surface area contributed by atoms with Crippen LogP contribution in [0.25, 0.3) is 0 Å². The van der Waals surface area contributed by atoms with Gasteiger partial charge >= 0.3 is 0 Å². The number of rotatable bonds is 3. The van der Waals surface area contributed by atoms with E-state index in [0.29, 0.717) is 12.1 Å². The fourth-order valence-corrected chi connectivity index (χ4v) is 4.21. The molecule has 2 aliphatic rings. The van der Waals surface area contributed by atoms with Crippen molar-refractivity contribution in [3.63, 3.8) is 0 Å². The minimum Gasteiger partial charge on any atom is -0.367 e. The molecule has 0 bridgehead atoms. The molecule has 0 amide bonds. The summed E-state index contributed by atoms with van der Waals surface area (Å²) in [6.45, 7) is 5.22. The zero-order valence-corrected chi connectivity index (χ0v) is 15.3. The minimum absolute atomic E-state index is 0.451. The monoisotopic (exact) mass is 336 g/mol. The zero-order valence-electron chi connectivity index (χ0n) is 15.3. The quantitative estimate of drug-likeness (QED) is 0.897. The van der Waals surface area contributed by atoms with E-state index in [1.165, 1.54) is 43.2 Å². The van der Waals surface area contributed by atoms with Gasteiger partial charge in [-0.25, -0.2) is 9.97 Å². The van der Waals surface area contributed by atoms with Crippen LogP contribution in [0.5, 0.6) is 0 Å². The number of nitrogens with one attached hydrogen (secondary N) is 1. The third-order valence-corrected chi connectivity index (χ3v) is 5.58. The van der Waals surface area contributed by atoms with Crippen LogP contribution >= 0.6 is 0 Å². The van der Waals surface area contributed by atoms with E-state index in [9.17, 15) is 0 Å². The Kier molecular flexibility index (Phi) is 4.60. The fraction of sp³-hybridized carbons (Fsp3) is 0.524. The average Bonchev–Trinajstić information content (AvgIpc) is 2.61. The van der Waals surface area contributed by atoms with Crippen LogP contribution in [0.15, 0.2) is 30.3 Å². The van der Waals surface area contributed by atoms with E-state index in [2.05, 4.69) is 52.5 Å². The van der Waals surface area contributed by atoms with Gasteiger partial charge in [0.2, 0.25) is 0 Å². The lowest BCUT2D eigenvalue weighted by molar-refractivity contribution is 0.461. The molecule has 1 aromatic carbocycles. The summed E-state index contributed by atoms with van der Waals surface area (Å²) in [5.41, 5.74) is 2.89. The second-order valence-electron chi connectivity index (χ2n) is 7.59. The second-order valence-corrected chi connectivity index (χ2v) is 7.59. The van der Waals surface area contributed by atoms with Crippen molar-refractivity contribution in [2.24, 2.45) is 0 Å². The van der Waals surface area contributed by atoms with Crippen molar-refractivity contribution in [1.29, 1.82) is 0 Å². The highest BCUT2D eigenvalue weighted by Gasteiger charge is 2.24. The van der Waals surface area contributed by atoms with Crippen LogP contribution in [0.1, 0.15) is 56.0 Å². The summed E-state index contributed by atoms with van der Waals surface area (Å²) in [5.74, 6) is 2.88. The molecule has 1 saturated carbocycles. The van der Waals surface area contributed by atoms with Gasteiger partial charge in [0, 0.05) is 24.7 Å². The predicted molar refractivity (Wildman–Crippen MR) is 103 cm³/mol. The number of aromatic nitrogens is 2. The molecule has 1 aromatic heterocycles. The molecule has 0 unspecified atom stereocenters. The molecule has 4 nitrogen and oxygen atoms in total. The minimum atomic E-state index is 0.451. The maximum absolute atomic E-state index is 4.75. The molecule has 1 fully saturated rings. The fourth-order valence-electron chi connectivity index (χ4n) is 4.21. The van der Waals surface area contributed by atoms with Gasteiger partial charge < -0.3 is 10.2 Å². The van der Waals surface area contributed by atoms with Crippen LogP contribution in [0.2, 0.25) is 0 Å². The largest absolute Gasteiger partial charge is 0.367 e. The molecule has 0 radical (unpaired) electrons. The van der Waals surface area contributed by atoms with Crippen LogP contribution in [-0.4, -0.2) is 22.1 Å². The maximum Gasteiger partial charge on any atom is 0.134 e. The van der Waals surface area contributed by atoms with E-state index in [0.717, 1.165) is 30.4 Å². The second kappa shape index (κ2) is 7.03. The highest BCUT2D eigenvalue weighted by Crippen LogP contribution is 2.29. The Hall–Kier alpha value is -2.10. The van der Waals surface area contributed by atoms with Gasteiger partial charge in [0.1, 0.15) is 17.5 Å². The van der Waals surface area contributed by atoms with Crippen LogP contribution < -0.4 is 10.2 Å². The lowest BCUT2D eigenvalue weighted by Gasteiger charge is -2.36. The van der Waals surface area contributed by atoms with Gasteiger partial charge in [-0.05, 0) is 44.2 Å². The van der Waals surface area contributed by atoms with Gasteiger partial charge in [-0.2, -0.15) is 0 Å². The molecule has 1 N–H and O–H groups in total. The van der Waals surface area contributed by atoms with Crippen molar-refractivity contribution in [2.45, 2.75) is 71.0 Å². The van der Waals surface area contributed by atoms with E-state index in [4.69, 9.17) is 4.98 Å². The van der Waals surface area contributed by atoms with E-state index in [-0.39, 0.29) is 0 Å². The third-order valence-electron chi connectivity index (χ3n) is 5.58. The van der Waals surface area contributed by atoms with Gasteiger partial charge in [-0.3, -0.25) is 0 Å². The Morgan fingerprint density at radius 2 is 1.80 bits per heavy atom. The molecule has 25 heavy (non-hydrogen) atoms. The molecule has 1 aliphatic heterocycles. The first-order valence-electron chi connectivity index (χ1n) is 9.65. The highest BCUT2D eigenvalue weighted by atomic mass is 15.2. The van der Waals surface area contributed by atoms with E-state index < -0.39 is 0 Å². The molecule has 4 heteroatoms. The average molecular weight is 336 g/mol. The van der Waals surface area contributed by atoms with Crippen molar-refractivity contribution in [3.8, 4) is 0 Å².